The summed E-state index contributed by atoms with van der Waals surface area (Å²) in [5.41, 5.74) is 7.74. The molecule has 0 saturated heterocycles. The first-order valence-corrected chi connectivity index (χ1v) is 6.79. The van der Waals surface area contributed by atoms with Crippen molar-refractivity contribution >= 4 is 17.3 Å². The number of carbonyl (C=O) groups excluding carboxylic acids is 1. The molecule has 0 spiro atoms. The van der Waals surface area contributed by atoms with Gasteiger partial charge in [0.1, 0.15) is 0 Å². The van der Waals surface area contributed by atoms with Gasteiger partial charge in [0, 0.05) is 5.54 Å². The zero-order valence-corrected chi connectivity index (χ0v) is 11.8. The van der Waals surface area contributed by atoms with Gasteiger partial charge in [-0.1, -0.05) is 6.07 Å². The molecule has 1 aromatic carbocycles. The molecule has 0 radical (unpaired) electrons. The number of nitrogen functional groups attached to an aromatic ring is 1. The fraction of sp³-hybridized carbons (Fsp3) is 0.533. The van der Waals surface area contributed by atoms with E-state index < -0.39 is 0 Å². The zero-order valence-electron chi connectivity index (χ0n) is 11.8. The SMILES string of the molecule is CCOC(=O)c1cccc(N)c1NC(C)(C)C1CC1. The topological polar surface area (TPSA) is 64.3 Å². The number of carbonyl (C=O) groups is 1. The van der Waals surface area contributed by atoms with Crippen LogP contribution in [-0.4, -0.2) is 18.1 Å². The van der Waals surface area contributed by atoms with E-state index in [4.69, 9.17) is 10.5 Å². The van der Waals surface area contributed by atoms with Crippen LogP contribution < -0.4 is 11.1 Å². The second-order valence-electron chi connectivity index (χ2n) is 5.61. The standard InChI is InChI=1S/C15H22N2O2/c1-4-19-14(18)11-6-5-7-12(16)13(11)17-15(2,3)10-8-9-10/h5-7,10,17H,4,8-9,16H2,1-3H3. The molecule has 1 aliphatic carbocycles. The molecule has 104 valence electrons. The number of esters is 1. The van der Waals surface area contributed by atoms with Gasteiger partial charge in [0.05, 0.1) is 23.5 Å². The van der Waals surface area contributed by atoms with E-state index in [1.54, 1.807) is 25.1 Å². The van der Waals surface area contributed by atoms with Gasteiger partial charge in [0.15, 0.2) is 0 Å². The second kappa shape index (κ2) is 5.11. The van der Waals surface area contributed by atoms with Crippen molar-refractivity contribution in [2.24, 2.45) is 5.92 Å². The third kappa shape index (κ3) is 3.00. The van der Waals surface area contributed by atoms with Crippen molar-refractivity contribution in [1.82, 2.24) is 0 Å². The number of hydrogen-bond acceptors (Lipinski definition) is 4. The molecule has 1 fully saturated rings. The molecule has 1 saturated carbocycles. The van der Waals surface area contributed by atoms with E-state index in [1.807, 2.05) is 0 Å². The lowest BCUT2D eigenvalue weighted by Crippen LogP contribution is -2.34. The summed E-state index contributed by atoms with van der Waals surface area (Å²) >= 11 is 0. The molecule has 0 unspecified atom stereocenters. The molecule has 3 N–H and O–H groups in total. The average molecular weight is 262 g/mol. The van der Waals surface area contributed by atoms with Crippen LogP contribution in [0.15, 0.2) is 18.2 Å². The van der Waals surface area contributed by atoms with E-state index in [0.29, 0.717) is 29.5 Å². The number of hydrogen-bond donors (Lipinski definition) is 2. The Balaban J connectivity index is 2.29. The van der Waals surface area contributed by atoms with Crippen molar-refractivity contribution in [3.63, 3.8) is 0 Å². The fourth-order valence-corrected chi connectivity index (χ4v) is 2.32. The van der Waals surface area contributed by atoms with Crippen LogP contribution in [0.25, 0.3) is 0 Å². The fourth-order valence-electron chi connectivity index (χ4n) is 2.32. The van der Waals surface area contributed by atoms with Gasteiger partial charge < -0.3 is 15.8 Å². The highest BCUT2D eigenvalue weighted by Gasteiger charge is 2.38. The lowest BCUT2D eigenvalue weighted by molar-refractivity contribution is 0.0527. The molecule has 4 nitrogen and oxygen atoms in total. The van der Waals surface area contributed by atoms with Crippen LogP contribution in [0.1, 0.15) is 44.0 Å². The number of nitrogens with two attached hydrogens (primary N) is 1. The summed E-state index contributed by atoms with van der Waals surface area (Å²) in [5.74, 6) is 0.311. The number of rotatable bonds is 5. The van der Waals surface area contributed by atoms with Crippen molar-refractivity contribution in [3.05, 3.63) is 23.8 Å². The van der Waals surface area contributed by atoms with Crippen LogP contribution in [0.2, 0.25) is 0 Å². The normalized spacial score (nSPS) is 15.1. The van der Waals surface area contributed by atoms with Crippen molar-refractivity contribution in [2.75, 3.05) is 17.7 Å². The highest BCUT2D eigenvalue weighted by Crippen LogP contribution is 2.42. The van der Waals surface area contributed by atoms with E-state index in [2.05, 4.69) is 19.2 Å². The van der Waals surface area contributed by atoms with Gasteiger partial charge in [-0.05, 0) is 51.7 Å². The molecule has 4 heteroatoms. The van der Waals surface area contributed by atoms with Gasteiger partial charge in [-0.2, -0.15) is 0 Å². The van der Waals surface area contributed by atoms with Crippen LogP contribution in [0.3, 0.4) is 0 Å². The second-order valence-corrected chi connectivity index (χ2v) is 5.61. The van der Waals surface area contributed by atoms with Crippen LogP contribution in [-0.2, 0) is 4.74 Å². The molecule has 1 aliphatic rings. The van der Waals surface area contributed by atoms with Gasteiger partial charge in [-0.15, -0.1) is 0 Å². The van der Waals surface area contributed by atoms with E-state index in [-0.39, 0.29) is 11.5 Å². The minimum atomic E-state index is -0.330. The molecule has 0 atom stereocenters. The minimum absolute atomic E-state index is 0.0588. The lowest BCUT2D eigenvalue weighted by Gasteiger charge is -2.29. The van der Waals surface area contributed by atoms with Crippen molar-refractivity contribution < 1.29 is 9.53 Å². The maximum Gasteiger partial charge on any atom is 0.340 e. The quantitative estimate of drug-likeness (QED) is 0.632. The molecular formula is C15H22N2O2. The summed E-state index contributed by atoms with van der Waals surface area (Å²) in [4.78, 5) is 12.0. The van der Waals surface area contributed by atoms with E-state index >= 15 is 0 Å². The third-order valence-corrected chi connectivity index (χ3v) is 3.64. The van der Waals surface area contributed by atoms with Crippen LogP contribution in [0.5, 0.6) is 0 Å². The molecule has 2 rings (SSSR count). The van der Waals surface area contributed by atoms with Crippen LogP contribution >= 0.6 is 0 Å². The minimum Gasteiger partial charge on any atom is -0.462 e. The van der Waals surface area contributed by atoms with Gasteiger partial charge in [0.25, 0.3) is 0 Å². The number of anilines is 2. The summed E-state index contributed by atoms with van der Waals surface area (Å²) in [7, 11) is 0. The van der Waals surface area contributed by atoms with Gasteiger partial charge >= 0.3 is 5.97 Å². The highest BCUT2D eigenvalue weighted by molar-refractivity contribution is 5.99. The molecule has 19 heavy (non-hydrogen) atoms. The van der Waals surface area contributed by atoms with Crippen LogP contribution in [0.4, 0.5) is 11.4 Å². The molecule has 0 aliphatic heterocycles. The number of ether oxygens (including phenoxy) is 1. The summed E-state index contributed by atoms with van der Waals surface area (Å²) < 4.78 is 5.08. The summed E-state index contributed by atoms with van der Waals surface area (Å²) in [6.07, 6.45) is 2.45. The molecular weight excluding hydrogens is 240 g/mol. The molecule has 0 heterocycles. The molecule has 0 aromatic heterocycles. The molecule has 0 bridgehead atoms. The summed E-state index contributed by atoms with van der Waals surface area (Å²) in [5, 5.41) is 3.43. The van der Waals surface area contributed by atoms with Crippen molar-refractivity contribution in [1.29, 1.82) is 0 Å². The van der Waals surface area contributed by atoms with Crippen molar-refractivity contribution in [2.45, 2.75) is 39.2 Å². The Bertz CT molecular complexity index is 479. The molecule has 1 aromatic rings. The Labute approximate surface area is 114 Å². The highest BCUT2D eigenvalue weighted by atomic mass is 16.5. The Kier molecular flexibility index (Phi) is 3.69. The number of para-hydroxylation sites is 1. The van der Waals surface area contributed by atoms with Gasteiger partial charge in [-0.25, -0.2) is 4.79 Å². The largest absolute Gasteiger partial charge is 0.462 e. The van der Waals surface area contributed by atoms with Crippen molar-refractivity contribution in [3.8, 4) is 0 Å². The summed E-state index contributed by atoms with van der Waals surface area (Å²) in [6, 6.07) is 5.32. The first-order valence-electron chi connectivity index (χ1n) is 6.79. The first-order chi connectivity index (χ1) is 8.95. The number of benzene rings is 1. The van der Waals surface area contributed by atoms with E-state index in [1.165, 1.54) is 12.8 Å². The number of nitrogens with one attached hydrogen (secondary N) is 1. The lowest BCUT2D eigenvalue weighted by atomic mass is 9.97. The Morgan fingerprint density at radius 1 is 1.47 bits per heavy atom. The third-order valence-electron chi connectivity index (χ3n) is 3.64. The Morgan fingerprint density at radius 3 is 2.74 bits per heavy atom. The predicted molar refractivity (Wildman–Crippen MR) is 77.2 cm³/mol. The smallest absolute Gasteiger partial charge is 0.340 e. The Morgan fingerprint density at radius 2 is 2.16 bits per heavy atom. The maximum absolute atomic E-state index is 12.0. The Hall–Kier alpha value is -1.71. The van der Waals surface area contributed by atoms with E-state index in [0.717, 1.165) is 0 Å². The van der Waals surface area contributed by atoms with Crippen LogP contribution in [0, 0.1) is 5.92 Å². The maximum atomic E-state index is 12.0. The van der Waals surface area contributed by atoms with Gasteiger partial charge in [0.2, 0.25) is 0 Å². The zero-order chi connectivity index (χ0) is 14.0. The van der Waals surface area contributed by atoms with Gasteiger partial charge in [-0.3, -0.25) is 0 Å². The first kappa shape index (κ1) is 13.7. The molecule has 0 amide bonds. The average Bonchev–Trinajstić information content (AvgIpc) is 3.16. The predicted octanol–water partition coefficient (Wildman–Crippen LogP) is 3.05. The van der Waals surface area contributed by atoms with E-state index in [9.17, 15) is 4.79 Å². The summed E-state index contributed by atoms with van der Waals surface area (Å²) in [6.45, 7) is 6.45. The monoisotopic (exact) mass is 262 g/mol.